The van der Waals surface area contributed by atoms with E-state index < -0.39 is 0 Å². The van der Waals surface area contributed by atoms with Crippen molar-refractivity contribution >= 4 is 20.3 Å². The normalized spacial score (nSPS) is 7.71. The average molecular weight is 238 g/mol. The molecular formula is C10H18B2NO4. The van der Waals surface area contributed by atoms with Crippen molar-refractivity contribution in [2.45, 2.75) is 13.7 Å². The van der Waals surface area contributed by atoms with Crippen molar-refractivity contribution in [3.8, 4) is 0 Å². The van der Waals surface area contributed by atoms with Crippen LogP contribution in [-0.2, 0) is 14.4 Å². The van der Waals surface area contributed by atoms with Crippen molar-refractivity contribution in [2.75, 3.05) is 18.8 Å². The van der Waals surface area contributed by atoms with E-state index in [1.807, 2.05) is 30.3 Å². The Labute approximate surface area is 103 Å². The number of hydrogen-bond acceptors (Lipinski definition) is 5. The first-order chi connectivity index (χ1) is 8.22. The summed E-state index contributed by atoms with van der Waals surface area (Å²) in [5, 5.41) is 7.57. The van der Waals surface area contributed by atoms with E-state index in [2.05, 4.69) is 9.69 Å². The van der Waals surface area contributed by atoms with Gasteiger partial charge in [0.2, 0.25) is 0 Å². The maximum absolute atomic E-state index is 9.46. The summed E-state index contributed by atoms with van der Waals surface area (Å²) in [4.78, 5) is 8.43. The SMILES string of the molecule is CCO.C[B]OOCB=O.Nc1ccccc1. The molecule has 0 saturated heterocycles. The minimum atomic E-state index is -0.00958. The molecule has 3 N–H and O–H groups in total. The molecule has 1 aromatic carbocycles. The van der Waals surface area contributed by atoms with Crippen molar-refractivity contribution in [1.29, 1.82) is 0 Å². The van der Waals surface area contributed by atoms with Gasteiger partial charge >= 0.3 is 42.4 Å². The molecule has 0 amide bonds. The van der Waals surface area contributed by atoms with E-state index in [0.29, 0.717) is 7.15 Å². The molecule has 17 heavy (non-hydrogen) atoms. The maximum atomic E-state index is 9.46. The third-order valence-corrected chi connectivity index (χ3v) is 1.10. The first kappa shape index (κ1) is 18.2. The fourth-order valence-corrected chi connectivity index (χ4v) is 0.588. The summed E-state index contributed by atoms with van der Waals surface area (Å²) in [5.74, 6) is 0. The van der Waals surface area contributed by atoms with Crippen LogP contribution in [0.2, 0.25) is 6.82 Å². The maximum Gasteiger partial charge on any atom is 0.0313 e. The molecule has 0 heterocycles. The first-order valence-electron chi connectivity index (χ1n) is 5.14. The van der Waals surface area contributed by atoms with Gasteiger partial charge in [-0.3, -0.25) is 0 Å². The molecule has 7 heteroatoms. The van der Waals surface area contributed by atoms with Crippen LogP contribution in [0.25, 0.3) is 0 Å². The molecule has 5 nitrogen and oxygen atoms in total. The molecule has 1 aromatic rings. The molecule has 0 aliphatic carbocycles. The van der Waals surface area contributed by atoms with Crippen LogP contribution in [0.3, 0.4) is 0 Å². The van der Waals surface area contributed by atoms with Gasteiger partial charge in [-0.2, -0.15) is 0 Å². The van der Waals surface area contributed by atoms with Crippen LogP contribution in [0, 0.1) is 0 Å². The third kappa shape index (κ3) is 20.8. The Morgan fingerprint density at radius 2 is 1.88 bits per heavy atom. The molecule has 0 aliphatic rings. The first-order valence-corrected chi connectivity index (χ1v) is 5.14. The molecule has 0 atom stereocenters. The Bertz CT molecular complexity index is 249. The quantitative estimate of drug-likeness (QED) is 0.267. The Kier molecular flexibility index (Phi) is 18.4. The molecule has 93 valence electrons. The number of hydrogen-bond donors (Lipinski definition) is 2. The van der Waals surface area contributed by atoms with Gasteiger partial charge in [-0.25, -0.2) is 0 Å². The molecular weight excluding hydrogens is 220 g/mol. The van der Waals surface area contributed by atoms with E-state index in [9.17, 15) is 4.70 Å². The molecule has 0 bridgehead atoms. The molecule has 0 aromatic heterocycles. The number of rotatable bonds is 4. The minimum Gasteiger partial charge on any atom is -0.399 e. The van der Waals surface area contributed by atoms with Gasteiger partial charge in [0.25, 0.3) is 0 Å². The van der Waals surface area contributed by atoms with Crippen LogP contribution in [0.1, 0.15) is 6.92 Å². The molecule has 0 unspecified atom stereocenters. The van der Waals surface area contributed by atoms with Gasteiger partial charge in [-0.05, 0) is 19.1 Å². The zero-order valence-corrected chi connectivity index (χ0v) is 10.2. The monoisotopic (exact) mass is 238 g/mol. The van der Waals surface area contributed by atoms with E-state index in [-0.39, 0.29) is 13.1 Å². The Balaban J connectivity index is 0. The number of aliphatic hydroxyl groups is 1. The van der Waals surface area contributed by atoms with Crippen molar-refractivity contribution in [2.24, 2.45) is 0 Å². The van der Waals surface area contributed by atoms with Crippen LogP contribution >= 0.6 is 0 Å². The van der Waals surface area contributed by atoms with Crippen molar-refractivity contribution in [3.63, 3.8) is 0 Å². The van der Waals surface area contributed by atoms with Gasteiger partial charge < -0.3 is 10.8 Å². The van der Waals surface area contributed by atoms with Gasteiger partial charge in [0.1, 0.15) is 0 Å². The van der Waals surface area contributed by atoms with Crippen LogP contribution in [-0.4, -0.2) is 32.9 Å². The van der Waals surface area contributed by atoms with E-state index in [1.54, 1.807) is 13.7 Å². The molecule has 0 aliphatic heterocycles. The van der Waals surface area contributed by atoms with Gasteiger partial charge in [-0.15, -0.1) is 0 Å². The summed E-state index contributed by atoms with van der Waals surface area (Å²) in [5.41, 5.74) is 6.18. The number of para-hydroxylation sites is 1. The molecule has 0 spiro atoms. The minimum absolute atomic E-state index is 0.00958. The zero-order chi connectivity index (χ0) is 13.4. The van der Waals surface area contributed by atoms with Crippen LogP contribution in [0.15, 0.2) is 30.3 Å². The van der Waals surface area contributed by atoms with Crippen molar-refractivity contribution in [1.82, 2.24) is 0 Å². The second-order valence-electron chi connectivity index (χ2n) is 2.51. The topological polar surface area (TPSA) is 81.8 Å². The average Bonchev–Trinajstić information content (AvgIpc) is 2.33. The smallest absolute Gasteiger partial charge is 0.0313 e. The van der Waals surface area contributed by atoms with Crippen LogP contribution < -0.4 is 5.73 Å². The van der Waals surface area contributed by atoms with Crippen LogP contribution in [0.4, 0.5) is 5.69 Å². The number of nitrogens with two attached hydrogens (primary N) is 1. The number of aliphatic hydroxyl groups excluding tert-OH is 1. The van der Waals surface area contributed by atoms with Crippen molar-refractivity contribution < 1.29 is 19.5 Å². The third-order valence-electron chi connectivity index (χ3n) is 1.10. The summed E-state index contributed by atoms with van der Waals surface area (Å²) in [6.45, 7) is 3.58. The summed E-state index contributed by atoms with van der Waals surface area (Å²) < 4.78 is 9.46. The van der Waals surface area contributed by atoms with E-state index in [4.69, 9.17) is 10.8 Å². The summed E-state index contributed by atoms with van der Waals surface area (Å²) in [6.07, 6.45) is 0. The molecule has 0 fully saturated rings. The van der Waals surface area contributed by atoms with Gasteiger partial charge in [0, 0.05) is 12.3 Å². The summed E-state index contributed by atoms with van der Waals surface area (Å²) >= 11 is 0. The van der Waals surface area contributed by atoms with Crippen LogP contribution in [0.5, 0.6) is 0 Å². The standard InChI is InChI=1S/C6H7N.C2H5B2O3.C2H6O/c7-6-4-2-1-3-5-6;1-3-7-6-2-4-5;1-2-3/h1-5H,7H2;2H2,1H3;3H,2H2,1H3. The van der Waals surface area contributed by atoms with Gasteiger partial charge in [0.05, 0.1) is 0 Å². The predicted molar refractivity (Wildman–Crippen MR) is 68.7 cm³/mol. The molecule has 0 saturated carbocycles. The summed E-state index contributed by atoms with van der Waals surface area (Å²) in [7, 11) is 1.97. The number of anilines is 1. The number of benzene rings is 1. The largest absolute Gasteiger partial charge is 0.399 e. The fraction of sp³-hybridized carbons (Fsp3) is 0.400. The Hall–Kier alpha value is -1.17. The second kappa shape index (κ2) is 17.2. The number of nitrogen functional groups attached to an aromatic ring is 1. The van der Waals surface area contributed by atoms with E-state index >= 15 is 0 Å². The second-order valence-corrected chi connectivity index (χ2v) is 2.51. The Morgan fingerprint density at radius 3 is 2.18 bits per heavy atom. The molecule has 1 radical (unpaired) electrons. The van der Waals surface area contributed by atoms with E-state index in [1.165, 1.54) is 7.48 Å². The Morgan fingerprint density at radius 1 is 1.35 bits per heavy atom. The van der Waals surface area contributed by atoms with Crippen molar-refractivity contribution in [3.05, 3.63) is 30.3 Å². The fourth-order valence-electron chi connectivity index (χ4n) is 0.588. The zero-order valence-electron chi connectivity index (χ0n) is 10.2. The van der Waals surface area contributed by atoms with E-state index in [0.717, 1.165) is 5.69 Å². The van der Waals surface area contributed by atoms with Gasteiger partial charge in [-0.1, -0.05) is 18.2 Å². The predicted octanol–water partition coefficient (Wildman–Crippen LogP) is 0.876. The molecule has 1 rings (SSSR count). The van der Waals surface area contributed by atoms with Gasteiger partial charge in [0.15, 0.2) is 0 Å². The summed E-state index contributed by atoms with van der Waals surface area (Å²) in [6, 6.07) is 9.49.